The maximum Gasteiger partial charge on any atom is 0.371 e. The van der Waals surface area contributed by atoms with Crippen molar-refractivity contribution in [3.05, 3.63) is 11.8 Å². The maximum absolute atomic E-state index is 12.4. The molecule has 0 spiro atoms. The van der Waals surface area contributed by atoms with Crippen molar-refractivity contribution in [3.63, 3.8) is 0 Å². The molecule has 3 rings (SSSR count). The molecule has 24 heteroatoms. The first kappa shape index (κ1) is 43.2. The molecule has 52 heavy (non-hydrogen) atoms. The number of hydrogen-bond donors (Lipinski definition) is 14. The number of carboxylic acids is 2. The van der Waals surface area contributed by atoms with Gasteiger partial charge < -0.3 is 100 Å². The molecule has 0 aromatic carbocycles. The minimum Gasteiger partial charge on any atom is -0.479 e. The van der Waals surface area contributed by atoms with Crippen LogP contribution in [-0.4, -0.2) is 209 Å². The van der Waals surface area contributed by atoms with Gasteiger partial charge in [-0.3, -0.25) is 9.59 Å². The topological polar surface area (TPSA) is 390 Å². The van der Waals surface area contributed by atoms with Gasteiger partial charge in [0.15, 0.2) is 18.7 Å². The van der Waals surface area contributed by atoms with Crippen LogP contribution in [0.2, 0.25) is 0 Å². The highest BCUT2D eigenvalue weighted by Crippen LogP contribution is 2.33. The fourth-order valence-corrected chi connectivity index (χ4v) is 5.61. The van der Waals surface area contributed by atoms with Gasteiger partial charge in [-0.2, -0.15) is 0 Å². The second-order valence-electron chi connectivity index (χ2n) is 12.0. The molecule has 3 aliphatic heterocycles. The molecule has 0 bridgehead atoms. The molecule has 298 valence electrons. The molecule has 2 amide bonds. The van der Waals surface area contributed by atoms with Gasteiger partial charge in [-0.05, 0) is 6.08 Å². The fraction of sp³-hybridized carbons (Fsp3) is 0.786. The van der Waals surface area contributed by atoms with E-state index in [9.17, 15) is 80.5 Å². The Bertz CT molecular complexity index is 1270. The number of aliphatic hydroxyl groups excluding tert-OH is 10. The van der Waals surface area contributed by atoms with Crippen molar-refractivity contribution in [2.24, 2.45) is 0 Å². The maximum atomic E-state index is 12.4. The van der Waals surface area contributed by atoms with E-state index in [0.717, 1.165) is 13.8 Å². The molecular formula is C28H44N2O22. The Balaban J connectivity index is 1.95. The van der Waals surface area contributed by atoms with Gasteiger partial charge in [-0.1, -0.05) is 0 Å². The number of ether oxygens (including phenoxy) is 6. The molecule has 0 radical (unpaired) electrons. The van der Waals surface area contributed by atoms with Crippen molar-refractivity contribution in [1.29, 1.82) is 0 Å². The summed E-state index contributed by atoms with van der Waals surface area (Å²) in [5, 5.41) is 127. The summed E-state index contributed by atoms with van der Waals surface area (Å²) in [4.78, 5) is 47.9. The smallest absolute Gasteiger partial charge is 0.371 e. The van der Waals surface area contributed by atoms with Gasteiger partial charge in [-0.25, -0.2) is 9.59 Å². The number of hydrogen-bond acceptors (Lipinski definition) is 20. The van der Waals surface area contributed by atoms with Crippen LogP contribution in [0.5, 0.6) is 0 Å². The fourth-order valence-electron chi connectivity index (χ4n) is 5.61. The van der Waals surface area contributed by atoms with Crippen LogP contribution >= 0.6 is 0 Å². The average molecular weight is 761 g/mol. The van der Waals surface area contributed by atoms with Gasteiger partial charge in [-0.15, -0.1) is 0 Å². The van der Waals surface area contributed by atoms with Crippen LogP contribution in [0.4, 0.5) is 0 Å². The second kappa shape index (κ2) is 18.7. The standard InChI is InChI=1S/C28H44N2O22/c1-7(34)29-9(4-31)20(15(38)11(37)5-32)49-28-19(42)18(41)22(23(52-28)25(45)46)51-26-14(30-8(2)35)21(17(40)13(6-33)48-26)50-27-16(39)10(36)3-12(47-27)24(43)44/h3,9-11,13-23,26-28,31-33,36-42H,4-6H2,1-2H3,(H,29,34)(H,30,35)(H,43,44)(H,45,46)/t9-,10-,11+,13+,14+,15+,16+,17+,18+,19+,20+,21+,22-,23-,26-,27-,28+/m0/s1. The van der Waals surface area contributed by atoms with E-state index in [1.54, 1.807) is 0 Å². The lowest BCUT2D eigenvalue weighted by Gasteiger charge is -2.48. The highest BCUT2D eigenvalue weighted by molar-refractivity contribution is 5.84. The molecule has 2 saturated heterocycles. The Morgan fingerprint density at radius 3 is 1.96 bits per heavy atom. The minimum absolute atomic E-state index is 0.654. The Hall–Kier alpha value is -3.18. The zero-order valence-electron chi connectivity index (χ0n) is 27.5. The van der Waals surface area contributed by atoms with E-state index in [0.29, 0.717) is 6.08 Å². The third-order valence-corrected chi connectivity index (χ3v) is 8.19. The molecule has 17 atom stereocenters. The van der Waals surface area contributed by atoms with Crippen LogP contribution in [0.15, 0.2) is 11.8 Å². The van der Waals surface area contributed by atoms with Crippen molar-refractivity contribution >= 4 is 23.8 Å². The molecule has 0 unspecified atom stereocenters. The van der Waals surface area contributed by atoms with Crippen molar-refractivity contribution in [1.82, 2.24) is 10.6 Å². The third kappa shape index (κ3) is 10.1. The van der Waals surface area contributed by atoms with E-state index in [2.05, 4.69) is 10.6 Å². The van der Waals surface area contributed by atoms with Gasteiger partial charge in [0.05, 0.1) is 25.9 Å². The van der Waals surface area contributed by atoms with Gasteiger partial charge in [0.2, 0.25) is 23.9 Å². The Labute approximate surface area is 293 Å². The molecule has 24 nitrogen and oxygen atoms in total. The van der Waals surface area contributed by atoms with Crippen LogP contribution in [-0.2, 0) is 47.6 Å². The monoisotopic (exact) mass is 760 g/mol. The van der Waals surface area contributed by atoms with Crippen molar-refractivity contribution < 1.29 is 109 Å². The molecule has 3 heterocycles. The van der Waals surface area contributed by atoms with Crippen LogP contribution in [0.1, 0.15) is 13.8 Å². The van der Waals surface area contributed by atoms with Crippen LogP contribution in [0.25, 0.3) is 0 Å². The van der Waals surface area contributed by atoms with Gasteiger partial charge in [0, 0.05) is 13.8 Å². The summed E-state index contributed by atoms with van der Waals surface area (Å²) >= 11 is 0. The molecular weight excluding hydrogens is 716 g/mol. The lowest BCUT2D eigenvalue weighted by molar-refractivity contribution is -0.357. The molecule has 0 aromatic heterocycles. The highest BCUT2D eigenvalue weighted by Gasteiger charge is 2.55. The second-order valence-corrected chi connectivity index (χ2v) is 12.0. The average Bonchev–Trinajstić information content (AvgIpc) is 3.08. The zero-order chi connectivity index (χ0) is 39.2. The summed E-state index contributed by atoms with van der Waals surface area (Å²) in [6.07, 6.45) is -30.0. The van der Waals surface area contributed by atoms with Crippen molar-refractivity contribution in [3.8, 4) is 0 Å². The number of carbonyl (C=O) groups is 4. The molecule has 0 saturated carbocycles. The first-order chi connectivity index (χ1) is 24.4. The van der Waals surface area contributed by atoms with Crippen LogP contribution in [0, 0.1) is 0 Å². The third-order valence-electron chi connectivity index (χ3n) is 8.19. The Morgan fingerprint density at radius 1 is 0.808 bits per heavy atom. The van der Waals surface area contributed by atoms with E-state index in [4.69, 9.17) is 28.4 Å². The predicted molar refractivity (Wildman–Crippen MR) is 159 cm³/mol. The van der Waals surface area contributed by atoms with Crippen LogP contribution in [0.3, 0.4) is 0 Å². The lowest BCUT2D eigenvalue weighted by Crippen LogP contribution is -2.69. The van der Waals surface area contributed by atoms with E-state index >= 15 is 0 Å². The number of rotatable bonds is 16. The van der Waals surface area contributed by atoms with Gasteiger partial charge in [0.1, 0.15) is 73.2 Å². The molecule has 0 aliphatic carbocycles. The van der Waals surface area contributed by atoms with E-state index in [1.165, 1.54) is 0 Å². The predicted octanol–water partition coefficient (Wildman–Crippen LogP) is -8.49. The Morgan fingerprint density at radius 2 is 1.44 bits per heavy atom. The number of aliphatic carboxylic acids is 2. The number of nitrogens with one attached hydrogen (secondary N) is 2. The zero-order valence-corrected chi connectivity index (χ0v) is 27.5. The molecule has 2 fully saturated rings. The summed E-state index contributed by atoms with van der Waals surface area (Å²) < 4.78 is 32.8. The summed E-state index contributed by atoms with van der Waals surface area (Å²) in [5.74, 6) is -6.06. The first-order valence-corrected chi connectivity index (χ1v) is 15.6. The van der Waals surface area contributed by atoms with Crippen molar-refractivity contribution in [2.45, 2.75) is 118 Å². The molecule has 3 aliphatic rings. The van der Waals surface area contributed by atoms with Gasteiger partial charge in [0.25, 0.3) is 0 Å². The summed E-state index contributed by atoms with van der Waals surface area (Å²) in [7, 11) is 0. The normalized spacial score (nSPS) is 37.4. The number of amides is 2. The van der Waals surface area contributed by atoms with Crippen molar-refractivity contribution in [2.75, 3.05) is 19.8 Å². The van der Waals surface area contributed by atoms with Gasteiger partial charge >= 0.3 is 11.9 Å². The summed E-state index contributed by atoms with van der Waals surface area (Å²) in [6, 6.07) is -3.32. The SMILES string of the molecule is CC(=O)N[C@H]1[C@H](O[C@H]2[C@H](O)[C@@H](O)[C@H](O[C@@H]([C@H](O)[C@H](O)CO)[C@H](CO)NC(C)=O)O[C@@H]2C(=O)O)O[C@H](CO)[C@@H](O)[C@@H]1O[C@@H]1OC(C(=O)O)=C[C@H](O)[C@H]1O. The van der Waals surface area contributed by atoms with E-state index < -0.39 is 154 Å². The number of carboxylic acid groups (broad SMARTS) is 2. The largest absolute Gasteiger partial charge is 0.479 e. The summed E-state index contributed by atoms with van der Waals surface area (Å²) in [5.41, 5.74) is 0. The highest BCUT2D eigenvalue weighted by atomic mass is 16.8. The molecule has 0 aromatic rings. The number of carbonyl (C=O) groups excluding carboxylic acids is 2. The minimum atomic E-state index is -2.32. The molecule has 14 N–H and O–H groups in total. The summed E-state index contributed by atoms with van der Waals surface area (Å²) in [6.45, 7) is -1.03. The lowest BCUT2D eigenvalue weighted by atomic mass is 9.94. The number of aliphatic hydroxyl groups is 10. The van der Waals surface area contributed by atoms with E-state index in [1.807, 2.05) is 0 Å². The van der Waals surface area contributed by atoms with Crippen LogP contribution < -0.4 is 10.6 Å². The van der Waals surface area contributed by atoms with E-state index in [-0.39, 0.29) is 0 Å². The first-order valence-electron chi connectivity index (χ1n) is 15.6. The quantitative estimate of drug-likeness (QED) is 0.0694. The Kier molecular flexibility index (Phi) is 15.6.